The van der Waals surface area contributed by atoms with Gasteiger partial charge in [-0.1, -0.05) is 0 Å². The molecule has 5 nitrogen and oxygen atoms in total. The number of rotatable bonds is 5. The molecule has 0 saturated heterocycles. The van der Waals surface area contributed by atoms with Crippen LogP contribution in [0.15, 0.2) is 36.4 Å². The van der Waals surface area contributed by atoms with Gasteiger partial charge in [0.1, 0.15) is 5.75 Å². The van der Waals surface area contributed by atoms with E-state index in [9.17, 15) is 13.6 Å². The van der Waals surface area contributed by atoms with E-state index in [-0.39, 0.29) is 11.6 Å². The maximum absolute atomic E-state index is 13.8. The number of carbonyl (C=O) groups is 1. The highest BCUT2D eigenvalue weighted by Crippen LogP contribution is 2.36. The Labute approximate surface area is 138 Å². The summed E-state index contributed by atoms with van der Waals surface area (Å²) in [5.74, 6) is -3.89. The zero-order chi connectivity index (χ0) is 17.9. The van der Waals surface area contributed by atoms with Gasteiger partial charge in [-0.05, 0) is 36.4 Å². The van der Waals surface area contributed by atoms with Gasteiger partial charge in [0.2, 0.25) is 5.88 Å². The van der Waals surface area contributed by atoms with E-state index in [0.29, 0.717) is 5.75 Å². The Bertz CT molecular complexity index is 726. The first-order valence-corrected chi connectivity index (χ1v) is 7.15. The summed E-state index contributed by atoms with van der Waals surface area (Å²) in [6.45, 7) is 0.740. The van der Waals surface area contributed by atoms with Crippen molar-refractivity contribution in [1.82, 2.24) is 4.98 Å². The molecule has 1 aromatic carbocycles. The molecule has 0 unspecified atom stereocenters. The first-order chi connectivity index (χ1) is 11.2. The van der Waals surface area contributed by atoms with Crippen molar-refractivity contribution in [2.75, 3.05) is 26.1 Å². The third kappa shape index (κ3) is 3.98. The lowest BCUT2D eigenvalue weighted by molar-refractivity contribution is 0.0147. The van der Waals surface area contributed by atoms with Gasteiger partial charge in [-0.2, -0.15) is 0 Å². The van der Waals surface area contributed by atoms with E-state index in [1.54, 1.807) is 24.3 Å². The van der Waals surface area contributed by atoms with Crippen molar-refractivity contribution >= 4 is 11.7 Å². The second kappa shape index (κ2) is 6.82. The second-order valence-corrected chi connectivity index (χ2v) is 5.42. The molecule has 2 rings (SSSR count). The minimum atomic E-state index is -3.17. The molecule has 0 aliphatic carbocycles. The van der Waals surface area contributed by atoms with Crippen LogP contribution in [0, 0.1) is 0 Å². The molecule has 0 N–H and O–H groups in total. The van der Waals surface area contributed by atoms with Crippen molar-refractivity contribution in [2.45, 2.75) is 12.8 Å². The van der Waals surface area contributed by atoms with Gasteiger partial charge in [0.05, 0.1) is 12.7 Å². The number of esters is 1. The van der Waals surface area contributed by atoms with Gasteiger partial charge < -0.3 is 14.4 Å². The topological polar surface area (TPSA) is 51.7 Å². The summed E-state index contributed by atoms with van der Waals surface area (Å²) in [6, 6.07) is 9.13. The van der Waals surface area contributed by atoms with E-state index >= 15 is 0 Å². The van der Waals surface area contributed by atoms with E-state index in [4.69, 9.17) is 4.74 Å². The molecule has 0 aliphatic heterocycles. The molecule has 128 valence electrons. The molecule has 0 aliphatic rings. The standard InChI is InChI=1S/C17H18F2N2O3/c1-17(18,19)13-9-10-14(16(22)23-4)20-15(13)24-12-7-5-11(6-8-12)21(2)3/h5-10H,1-4H3. The fraction of sp³-hybridized carbons (Fsp3) is 0.294. The number of ether oxygens (including phenoxy) is 2. The molecule has 0 bridgehead atoms. The lowest BCUT2D eigenvalue weighted by Gasteiger charge is -2.17. The summed E-state index contributed by atoms with van der Waals surface area (Å²) in [6.07, 6.45) is 0. The highest BCUT2D eigenvalue weighted by atomic mass is 19.3. The quantitative estimate of drug-likeness (QED) is 0.777. The van der Waals surface area contributed by atoms with E-state index in [1.807, 2.05) is 19.0 Å². The van der Waals surface area contributed by atoms with Crippen LogP contribution in [-0.4, -0.2) is 32.2 Å². The maximum Gasteiger partial charge on any atom is 0.356 e. The number of aromatic nitrogens is 1. The predicted octanol–water partition coefficient (Wildman–Crippen LogP) is 3.84. The Morgan fingerprint density at radius 3 is 2.25 bits per heavy atom. The second-order valence-electron chi connectivity index (χ2n) is 5.42. The average Bonchev–Trinajstić information content (AvgIpc) is 2.53. The fourth-order valence-electron chi connectivity index (χ4n) is 1.99. The molecule has 24 heavy (non-hydrogen) atoms. The molecule has 2 aromatic rings. The van der Waals surface area contributed by atoms with Gasteiger partial charge in [0.25, 0.3) is 5.92 Å². The molecular formula is C17H18F2N2O3. The molecule has 0 saturated carbocycles. The van der Waals surface area contributed by atoms with Crippen LogP contribution in [0.25, 0.3) is 0 Å². The summed E-state index contributed by atoms with van der Waals surface area (Å²) < 4.78 is 37.6. The summed E-state index contributed by atoms with van der Waals surface area (Å²) in [5.41, 5.74) is 0.414. The number of hydrogen-bond acceptors (Lipinski definition) is 5. The van der Waals surface area contributed by atoms with Gasteiger partial charge in [-0.3, -0.25) is 0 Å². The summed E-state index contributed by atoms with van der Waals surface area (Å²) in [7, 11) is 4.95. The van der Waals surface area contributed by atoms with Crippen LogP contribution < -0.4 is 9.64 Å². The van der Waals surface area contributed by atoms with E-state index in [0.717, 1.165) is 18.7 Å². The van der Waals surface area contributed by atoms with E-state index < -0.39 is 17.5 Å². The first kappa shape index (κ1) is 17.7. The number of pyridine rings is 1. The number of benzene rings is 1. The van der Waals surface area contributed by atoms with Crippen LogP contribution in [0.1, 0.15) is 23.0 Å². The van der Waals surface area contributed by atoms with Crippen molar-refractivity contribution in [1.29, 1.82) is 0 Å². The summed E-state index contributed by atoms with van der Waals surface area (Å²) in [4.78, 5) is 17.3. The lowest BCUT2D eigenvalue weighted by Crippen LogP contribution is -2.13. The Morgan fingerprint density at radius 2 is 1.75 bits per heavy atom. The SMILES string of the molecule is COC(=O)c1ccc(C(C)(F)F)c(Oc2ccc(N(C)C)cc2)n1. The Kier molecular flexibility index (Phi) is 5.02. The lowest BCUT2D eigenvalue weighted by atomic mass is 10.1. The molecule has 1 heterocycles. The van der Waals surface area contributed by atoms with Gasteiger partial charge in [-0.15, -0.1) is 0 Å². The van der Waals surface area contributed by atoms with Gasteiger partial charge in [-0.25, -0.2) is 18.6 Å². The highest BCUT2D eigenvalue weighted by molar-refractivity contribution is 5.87. The van der Waals surface area contributed by atoms with Crippen molar-refractivity contribution < 1.29 is 23.0 Å². The first-order valence-electron chi connectivity index (χ1n) is 7.15. The van der Waals surface area contributed by atoms with E-state index in [1.165, 1.54) is 13.2 Å². The van der Waals surface area contributed by atoms with Crippen LogP contribution in [-0.2, 0) is 10.7 Å². The van der Waals surface area contributed by atoms with Crippen LogP contribution in [0.4, 0.5) is 14.5 Å². The highest BCUT2D eigenvalue weighted by Gasteiger charge is 2.31. The number of anilines is 1. The Morgan fingerprint density at radius 1 is 1.12 bits per heavy atom. The Balaban J connectivity index is 2.40. The van der Waals surface area contributed by atoms with Crippen LogP contribution in [0.3, 0.4) is 0 Å². The largest absolute Gasteiger partial charge is 0.464 e. The maximum atomic E-state index is 13.8. The van der Waals surface area contributed by atoms with Crippen LogP contribution >= 0.6 is 0 Å². The average molecular weight is 336 g/mol. The summed E-state index contributed by atoms with van der Waals surface area (Å²) in [5, 5.41) is 0. The molecule has 0 radical (unpaired) electrons. The summed E-state index contributed by atoms with van der Waals surface area (Å²) >= 11 is 0. The number of nitrogens with zero attached hydrogens (tertiary/aromatic N) is 2. The zero-order valence-electron chi connectivity index (χ0n) is 13.8. The number of halogens is 2. The zero-order valence-corrected chi connectivity index (χ0v) is 13.8. The minimum absolute atomic E-state index is 0.106. The molecule has 0 amide bonds. The van der Waals surface area contributed by atoms with E-state index in [2.05, 4.69) is 9.72 Å². The predicted molar refractivity (Wildman–Crippen MR) is 86.0 cm³/mol. The normalized spacial score (nSPS) is 11.1. The van der Waals surface area contributed by atoms with Gasteiger partial charge >= 0.3 is 5.97 Å². The number of alkyl halides is 2. The number of hydrogen-bond donors (Lipinski definition) is 0. The van der Waals surface area contributed by atoms with Gasteiger partial charge in [0.15, 0.2) is 5.69 Å². The minimum Gasteiger partial charge on any atom is -0.464 e. The molecule has 7 heteroatoms. The molecule has 1 aromatic heterocycles. The Hall–Kier alpha value is -2.70. The fourth-order valence-corrected chi connectivity index (χ4v) is 1.99. The smallest absolute Gasteiger partial charge is 0.356 e. The molecule has 0 spiro atoms. The van der Waals surface area contributed by atoms with Crippen molar-refractivity contribution in [3.8, 4) is 11.6 Å². The van der Waals surface area contributed by atoms with Crippen molar-refractivity contribution in [3.63, 3.8) is 0 Å². The van der Waals surface area contributed by atoms with Crippen LogP contribution in [0.2, 0.25) is 0 Å². The number of methoxy groups -OCH3 is 1. The molecule has 0 fully saturated rings. The van der Waals surface area contributed by atoms with Gasteiger partial charge in [0, 0.05) is 26.7 Å². The third-order valence-corrected chi connectivity index (χ3v) is 3.30. The molecular weight excluding hydrogens is 318 g/mol. The monoisotopic (exact) mass is 336 g/mol. The van der Waals surface area contributed by atoms with Crippen molar-refractivity contribution in [3.05, 3.63) is 47.7 Å². The van der Waals surface area contributed by atoms with Crippen LogP contribution in [0.5, 0.6) is 11.6 Å². The third-order valence-electron chi connectivity index (χ3n) is 3.30. The van der Waals surface area contributed by atoms with Crippen molar-refractivity contribution in [2.24, 2.45) is 0 Å². The molecule has 0 atom stereocenters. The number of carbonyl (C=O) groups excluding carboxylic acids is 1.